The number of benzene rings is 3. The summed E-state index contributed by atoms with van der Waals surface area (Å²) in [5, 5.41) is 14.3. The lowest BCUT2D eigenvalue weighted by Crippen LogP contribution is -2.30. The van der Waals surface area contributed by atoms with Crippen molar-refractivity contribution in [1.29, 1.82) is 0 Å². The minimum atomic E-state index is -1.10. The van der Waals surface area contributed by atoms with E-state index in [4.69, 9.17) is 4.74 Å². The van der Waals surface area contributed by atoms with Gasteiger partial charge in [0, 0.05) is 11.3 Å². The van der Waals surface area contributed by atoms with Crippen molar-refractivity contribution in [2.45, 2.75) is 20.0 Å². The van der Waals surface area contributed by atoms with Gasteiger partial charge in [-0.3, -0.25) is 9.59 Å². The zero-order valence-corrected chi connectivity index (χ0v) is 15.4. The van der Waals surface area contributed by atoms with Gasteiger partial charge in [-0.25, -0.2) is 4.79 Å². The maximum atomic E-state index is 12.4. The van der Waals surface area contributed by atoms with Crippen LogP contribution >= 0.6 is 0 Å². The molecule has 3 aromatic carbocycles. The summed E-state index contributed by atoms with van der Waals surface area (Å²) in [7, 11) is 0. The molecule has 0 bridgehead atoms. The van der Waals surface area contributed by atoms with Crippen LogP contribution in [0.1, 0.15) is 34.6 Å². The third kappa shape index (κ3) is 4.17. The summed E-state index contributed by atoms with van der Waals surface area (Å²) in [4.78, 5) is 36.2. The van der Waals surface area contributed by atoms with Crippen molar-refractivity contribution in [3.8, 4) is 5.75 Å². The Morgan fingerprint density at radius 3 is 2.32 bits per heavy atom. The van der Waals surface area contributed by atoms with Crippen LogP contribution in [-0.4, -0.2) is 28.9 Å². The van der Waals surface area contributed by atoms with E-state index in [-0.39, 0.29) is 17.1 Å². The number of aromatic hydroxyl groups is 1. The predicted molar refractivity (Wildman–Crippen MR) is 106 cm³/mol. The lowest BCUT2D eigenvalue weighted by atomic mass is 10.1. The van der Waals surface area contributed by atoms with Crippen LogP contribution in [0.2, 0.25) is 0 Å². The zero-order valence-electron chi connectivity index (χ0n) is 15.4. The van der Waals surface area contributed by atoms with Crippen molar-refractivity contribution in [3.63, 3.8) is 0 Å². The normalized spacial score (nSPS) is 11.6. The predicted octanol–water partition coefficient (Wildman–Crippen LogP) is 3.93. The van der Waals surface area contributed by atoms with Gasteiger partial charge in [0.1, 0.15) is 11.3 Å². The first-order chi connectivity index (χ1) is 13.3. The fraction of sp³-hybridized carbons (Fsp3) is 0.136. The molecule has 3 rings (SSSR count). The van der Waals surface area contributed by atoms with Crippen LogP contribution in [0.3, 0.4) is 0 Å². The van der Waals surface area contributed by atoms with Crippen molar-refractivity contribution in [3.05, 3.63) is 71.8 Å². The zero-order chi connectivity index (χ0) is 20.3. The Kier molecular flexibility index (Phi) is 5.40. The van der Waals surface area contributed by atoms with E-state index in [1.54, 1.807) is 24.3 Å². The summed E-state index contributed by atoms with van der Waals surface area (Å²) >= 11 is 0. The molecule has 0 saturated heterocycles. The van der Waals surface area contributed by atoms with Gasteiger partial charge in [-0.15, -0.1) is 0 Å². The van der Waals surface area contributed by atoms with Gasteiger partial charge in [0.25, 0.3) is 5.91 Å². The molecule has 0 saturated carbocycles. The largest absolute Gasteiger partial charge is 0.507 e. The molecule has 1 atom stereocenters. The number of Topliss-reactive ketones (excluding diaryl/α,β-unsaturated/α-hetero) is 1. The van der Waals surface area contributed by atoms with Crippen molar-refractivity contribution in [2.75, 3.05) is 5.32 Å². The van der Waals surface area contributed by atoms with Crippen molar-refractivity contribution < 1.29 is 24.2 Å². The number of hydrogen-bond donors (Lipinski definition) is 2. The second kappa shape index (κ2) is 7.92. The van der Waals surface area contributed by atoms with Crippen molar-refractivity contribution >= 4 is 34.1 Å². The van der Waals surface area contributed by atoms with Gasteiger partial charge >= 0.3 is 5.97 Å². The van der Waals surface area contributed by atoms with E-state index < -0.39 is 18.0 Å². The average Bonchev–Trinajstić information content (AvgIpc) is 2.67. The fourth-order valence-electron chi connectivity index (χ4n) is 2.73. The number of phenolic OH excluding ortho intramolecular Hbond substituents is 1. The average molecular weight is 377 g/mol. The topological polar surface area (TPSA) is 92.7 Å². The molecule has 6 heteroatoms. The number of esters is 1. The molecule has 6 nitrogen and oxygen atoms in total. The SMILES string of the molecule is CC(=O)c1cccc(NC(=O)[C@@H](C)OC(=O)c2cc3ccccc3cc2O)c1. The molecule has 0 radical (unpaired) electrons. The number of rotatable bonds is 5. The Labute approximate surface area is 161 Å². The Morgan fingerprint density at radius 1 is 0.964 bits per heavy atom. The Bertz CT molecular complexity index is 1070. The van der Waals surface area contributed by atoms with Crippen LogP contribution < -0.4 is 5.32 Å². The van der Waals surface area contributed by atoms with Gasteiger partial charge in [0.15, 0.2) is 11.9 Å². The number of ether oxygens (including phenoxy) is 1. The number of amides is 1. The van der Waals surface area contributed by atoms with Crippen LogP contribution in [0.4, 0.5) is 5.69 Å². The maximum absolute atomic E-state index is 12.4. The third-order valence-electron chi connectivity index (χ3n) is 4.27. The van der Waals surface area contributed by atoms with Crippen molar-refractivity contribution in [2.24, 2.45) is 0 Å². The van der Waals surface area contributed by atoms with Crippen LogP contribution in [0.15, 0.2) is 60.7 Å². The molecule has 28 heavy (non-hydrogen) atoms. The van der Waals surface area contributed by atoms with Gasteiger partial charge in [-0.2, -0.15) is 0 Å². The second-order valence-electron chi connectivity index (χ2n) is 6.39. The van der Waals surface area contributed by atoms with E-state index in [0.717, 1.165) is 10.8 Å². The molecule has 0 aliphatic carbocycles. The molecule has 0 unspecified atom stereocenters. The molecule has 0 fully saturated rings. The quantitative estimate of drug-likeness (QED) is 0.519. The molecule has 0 aliphatic rings. The highest BCUT2D eigenvalue weighted by Gasteiger charge is 2.21. The standard InChI is InChI=1S/C22H19NO5/c1-13(24)15-8-5-9-18(10-15)23-21(26)14(2)28-22(27)19-11-16-6-3-4-7-17(16)12-20(19)25/h3-12,14,25H,1-2H3,(H,23,26)/t14-/m1/s1. The molecule has 0 spiro atoms. The molecule has 0 aliphatic heterocycles. The highest BCUT2D eigenvalue weighted by molar-refractivity contribution is 6.01. The van der Waals surface area contributed by atoms with Gasteiger partial charge in [-0.1, -0.05) is 36.4 Å². The number of anilines is 1. The number of nitrogens with one attached hydrogen (secondary N) is 1. The van der Waals surface area contributed by atoms with Gasteiger partial charge in [0.05, 0.1) is 0 Å². The Hall–Kier alpha value is -3.67. The summed E-state index contributed by atoms with van der Waals surface area (Å²) in [6.45, 7) is 2.86. The van der Waals surface area contributed by atoms with Gasteiger partial charge in [-0.05, 0) is 48.9 Å². The van der Waals surface area contributed by atoms with Crippen LogP contribution in [0, 0.1) is 0 Å². The molecule has 3 aromatic rings. The number of carbonyl (C=O) groups excluding carboxylic acids is 3. The molecular weight excluding hydrogens is 358 g/mol. The summed E-state index contributed by atoms with van der Waals surface area (Å²) in [5.74, 6) is -1.69. The molecule has 0 aromatic heterocycles. The van der Waals surface area contributed by atoms with E-state index >= 15 is 0 Å². The Balaban J connectivity index is 1.71. The summed E-state index contributed by atoms with van der Waals surface area (Å²) in [6.07, 6.45) is -1.10. The summed E-state index contributed by atoms with van der Waals surface area (Å²) in [5.41, 5.74) is 0.870. The number of hydrogen-bond acceptors (Lipinski definition) is 5. The van der Waals surface area contributed by atoms with Crippen LogP contribution in [0.5, 0.6) is 5.75 Å². The minimum Gasteiger partial charge on any atom is -0.507 e. The first kappa shape index (κ1) is 19.1. The lowest BCUT2D eigenvalue weighted by Gasteiger charge is -2.14. The second-order valence-corrected chi connectivity index (χ2v) is 6.39. The number of fused-ring (bicyclic) bond motifs is 1. The smallest absolute Gasteiger partial charge is 0.342 e. The first-order valence-electron chi connectivity index (χ1n) is 8.70. The fourth-order valence-corrected chi connectivity index (χ4v) is 2.73. The van der Waals surface area contributed by atoms with E-state index in [0.29, 0.717) is 11.3 Å². The number of phenols is 1. The molecule has 1 amide bonds. The molecular formula is C22H19NO5. The number of ketones is 1. The maximum Gasteiger partial charge on any atom is 0.342 e. The lowest BCUT2D eigenvalue weighted by molar-refractivity contribution is -0.123. The van der Waals surface area contributed by atoms with Crippen molar-refractivity contribution in [1.82, 2.24) is 0 Å². The summed E-state index contributed by atoms with van der Waals surface area (Å²) < 4.78 is 5.20. The van der Waals surface area contributed by atoms with E-state index in [1.807, 2.05) is 24.3 Å². The van der Waals surface area contributed by atoms with E-state index in [2.05, 4.69) is 5.32 Å². The third-order valence-corrected chi connectivity index (χ3v) is 4.27. The molecule has 0 heterocycles. The molecule has 2 N–H and O–H groups in total. The minimum absolute atomic E-state index is 0.0167. The monoisotopic (exact) mass is 377 g/mol. The highest BCUT2D eigenvalue weighted by Crippen LogP contribution is 2.26. The Morgan fingerprint density at radius 2 is 1.64 bits per heavy atom. The number of carbonyl (C=O) groups is 3. The van der Waals surface area contributed by atoms with Gasteiger partial charge < -0.3 is 15.2 Å². The van der Waals surface area contributed by atoms with Crippen LogP contribution in [-0.2, 0) is 9.53 Å². The van der Waals surface area contributed by atoms with E-state index in [1.165, 1.54) is 26.0 Å². The molecule has 142 valence electrons. The summed E-state index contributed by atoms with van der Waals surface area (Å²) in [6, 6.07) is 16.7. The van der Waals surface area contributed by atoms with Gasteiger partial charge in [0.2, 0.25) is 0 Å². The highest BCUT2D eigenvalue weighted by atomic mass is 16.5. The first-order valence-corrected chi connectivity index (χ1v) is 8.70. The van der Waals surface area contributed by atoms with Crippen LogP contribution in [0.25, 0.3) is 10.8 Å². The van der Waals surface area contributed by atoms with E-state index in [9.17, 15) is 19.5 Å².